The molecule has 2 aliphatic heterocycles. The van der Waals surface area contributed by atoms with E-state index in [9.17, 15) is 18.0 Å². The Balaban J connectivity index is 1.95. The Labute approximate surface area is 151 Å². The first-order valence-electron chi connectivity index (χ1n) is 8.77. The van der Waals surface area contributed by atoms with E-state index in [0.717, 1.165) is 6.20 Å². The average molecular weight is 374 g/mol. The minimum absolute atomic E-state index is 0.0153. The molecule has 1 fully saturated rings. The standard InChI is InChI=1S/C17H25F3N4O2/c18-17(19,20)13-12-23-15(21)5-2-1-4-14(13)22-7-3-8-24-9-11-26-10-6-16(24)25/h4,12,22H,1-3,5-11H2,(H2,21,23)/b13-12+,14-4-. The van der Waals surface area contributed by atoms with E-state index in [0.29, 0.717) is 65.0 Å². The van der Waals surface area contributed by atoms with Crippen molar-refractivity contribution >= 4 is 11.7 Å². The summed E-state index contributed by atoms with van der Waals surface area (Å²) in [4.78, 5) is 17.3. The first kappa shape index (κ1) is 20.3. The van der Waals surface area contributed by atoms with Gasteiger partial charge in [-0.1, -0.05) is 6.08 Å². The van der Waals surface area contributed by atoms with Crippen molar-refractivity contribution in [1.29, 1.82) is 0 Å². The van der Waals surface area contributed by atoms with E-state index in [1.807, 2.05) is 0 Å². The van der Waals surface area contributed by atoms with Crippen molar-refractivity contribution < 1.29 is 22.7 Å². The molecule has 0 aromatic heterocycles. The summed E-state index contributed by atoms with van der Waals surface area (Å²) in [6.07, 6.45) is 0.275. The highest BCUT2D eigenvalue weighted by Gasteiger charge is 2.36. The maximum absolute atomic E-state index is 13.3. The van der Waals surface area contributed by atoms with Crippen LogP contribution in [0.2, 0.25) is 0 Å². The van der Waals surface area contributed by atoms with Crippen LogP contribution in [0.1, 0.15) is 32.1 Å². The van der Waals surface area contributed by atoms with Crippen LogP contribution in [0.25, 0.3) is 0 Å². The van der Waals surface area contributed by atoms with Gasteiger partial charge in [-0.05, 0) is 19.3 Å². The fourth-order valence-electron chi connectivity index (χ4n) is 2.76. The van der Waals surface area contributed by atoms with Gasteiger partial charge in [0.05, 0.1) is 31.0 Å². The number of halogens is 3. The lowest BCUT2D eigenvalue weighted by Gasteiger charge is -2.21. The molecule has 0 atom stereocenters. The van der Waals surface area contributed by atoms with E-state index in [4.69, 9.17) is 10.5 Å². The number of amides is 1. The van der Waals surface area contributed by atoms with Crippen molar-refractivity contribution in [1.82, 2.24) is 10.2 Å². The van der Waals surface area contributed by atoms with Gasteiger partial charge >= 0.3 is 6.18 Å². The van der Waals surface area contributed by atoms with Crippen LogP contribution < -0.4 is 11.1 Å². The predicted octanol–water partition coefficient (Wildman–Crippen LogP) is 2.09. The molecule has 2 rings (SSSR count). The molecule has 0 unspecified atom stereocenters. The van der Waals surface area contributed by atoms with Gasteiger partial charge in [-0.3, -0.25) is 4.79 Å². The molecular formula is C17H25F3N4O2. The van der Waals surface area contributed by atoms with Crippen LogP contribution in [0, 0.1) is 0 Å². The lowest BCUT2D eigenvalue weighted by molar-refractivity contribution is -0.130. The number of aliphatic imine (C=N–C) groups is 1. The van der Waals surface area contributed by atoms with E-state index in [1.165, 1.54) is 0 Å². The molecule has 1 amide bonds. The number of amidine groups is 1. The van der Waals surface area contributed by atoms with Crippen molar-refractivity contribution in [3.63, 3.8) is 0 Å². The Morgan fingerprint density at radius 2 is 2.12 bits per heavy atom. The lowest BCUT2D eigenvalue weighted by atomic mass is 10.1. The number of nitrogens with one attached hydrogen (secondary N) is 1. The molecule has 6 nitrogen and oxygen atoms in total. The van der Waals surface area contributed by atoms with E-state index in [2.05, 4.69) is 10.3 Å². The van der Waals surface area contributed by atoms with Crippen molar-refractivity contribution in [3.8, 4) is 0 Å². The summed E-state index contributed by atoms with van der Waals surface area (Å²) in [6.45, 7) is 2.24. The lowest BCUT2D eigenvalue weighted by Crippen LogP contribution is -2.34. The summed E-state index contributed by atoms with van der Waals surface area (Å²) in [5, 5.41) is 2.85. The molecule has 146 valence electrons. The van der Waals surface area contributed by atoms with Crippen molar-refractivity contribution in [2.24, 2.45) is 10.7 Å². The highest BCUT2D eigenvalue weighted by molar-refractivity contribution is 5.81. The number of allylic oxidation sites excluding steroid dienone is 2. The summed E-state index contributed by atoms with van der Waals surface area (Å²) in [6, 6.07) is 0. The molecule has 0 bridgehead atoms. The first-order valence-corrected chi connectivity index (χ1v) is 8.77. The van der Waals surface area contributed by atoms with Crippen molar-refractivity contribution in [2.75, 3.05) is 32.8 Å². The summed E-state index contributed by atoms with van der Waals surface area (Å²) in [5.74, 6) is 0.216. The number of nitrogens with two attached hydrogens (primary N) is 1. The van der Waals surface area contributed by atoms with Gasteiger partial charge in [0.15, 0.2) is 0 Å². The molecule has 0 radical (unpaired) electrons. The quantitative estimate of drug-likeness (QED) is 0.722. The minimum Gasteiger partial charge on any atom is -0.387 e. The number of nitrogens with zero attached hydrogens (tertiary/aromatic N) is 2. The van der Waals surface area contributed by atoms with Gasteiger partial charge < -0.3 is 20.7 Å². The average Bonchev–Trinajstić information content (AvgIpc) is 2.71. The second-order valence-corrected chi connectivity index (χ2v) is 6.19. The third-order valence-corrected chi connectivity index (χ3v) is 4.18. The largest absolute Gasteiger partial charge is 0.419 e. The number of ether oxygens (including phenoxy) is 1. The Bertz CT molecular complexity index is 585. The molecule has 2 heterocycles. The number of hydrogen-bond acceptors (Lipinski definition) is 5. The number of carbonyl (C=O) groups excluding carboxylic acids is 1. The Kier molecular flexibility index (Phi) is 7.50. The molecule has 0 spiro atoms. The number of rotatable bonds is 5. The zero-order valence-corrected chi connectivity index (χ0v) is 14.6. The third kappa shape index (κ3) is 6.36. The predicted molar refractivity (Wildman–Crippen MR) is 92.3 cm³/mol. The zero-order chi connectivity index (χ0) is 19.0. The van der Waals surface area contributed by atoms with Crippen LogP contribution in [0.15, 0.2) is 28.5 Å². The second-order valence-electron chi connectivity index (χ2n) is 6.19. The van der Waals surface area contributed by atoms with Gasteiger partial charge in [-0.2, -0.15) is 13.2 Å². The summed E-state index contributed by atoms with van der Waals surface area (Å²) >= 11 is 0. The fourth-order valence-corrected chi connectivity index (χ4v) is 2.76. The van der Waals surface area contributed by atoms with Crippen molar-refractivity contribution in [3.05, 3.63) is 23.5 Å². The molecule has 1 saturated heterocycles. The Hall–Kier alpha value is -2.03. The molecule has 0 saturated carbocycles. The van der Waals surface area contributed by atoms with Gasteiger partial charge in [0.25, 0.3) is 0 Å². The van der Waals surface area contributed by atoms with Gasteiger partial charge in [0, 0.05) is 38.0 Å². The molecule has 26 heavy (non-hydrogen) atoms. The zero-order valence-electron chi connectivity index (χ0n) is 14.6. The number of alkyl halides is 3. The summed E-state index contributed by atoms with van der Waals surface area (Å²) in [5.41, 5.74) is 4.78. The normalized spacial score (nSPS) is 24.2. The molecule has 0 aromatic carbocycles. The second kappa shape index (κ2) is 9.61. The Morgan fingerprint density at radius 3 is 2.88 bits per heavy atom. The SMILES string of the molecule is NC1=N/C=C(C(F)(F)F)\C(NCCCN2CCOCCC2=O)=C\CCC1. The van der Waals surface area contributed by atoms with Crippen LogP contribution in [-0.2, 0) is 9.53 Å². The van der Waals surface area contributed by atoms with Crippen LogP contribution in [0.3, 0.4) is 0 Å². The van der Waals surface area contributed by atoms with E-state index in [1.54, 1.807) is 11.0 Å². The highest BCUT2D eigenvalue weighted by Crippen LogP contribution is 2.31. The maximum atomic E-state index is 13.3. The van der Waals surface area contributed by atoms with Crippen LogP contribution in [-0.4, -0.2) is 55.7 Å². The Morgan fingerprint density at radius 1 is 1.31 bits per heavy atom. The minimum atomic E-state index is -4.52. The fraction of sp³-hybridized carbons (Fsp3) is 0.647. The van der Waals surface area contributed by atoms with Crippen LogP contribution in [0.4, 0.5) is 13.2 Å². The number of hydrogen-bond donors (Lipinski definition) is 2. The monoisotopic (exact) mass is 374 g/mol. The van der Waals surface area contributed by atoms with E-state index in [-0.39, 0.29) is 17.4 Å². The van der Waals surface area contributed by atoms with Gasteiger partial charge in [-0.15, -0.1) is 0 Å². The molecule has 0 aromatic rings. The third-order valence-electron chi connectivity index (χ3n) is 4.18. The van der Waals surface area contributed by atoms with Gasteiger partial charge in [-0.25, -0.2) is 4.99 Å². The van der Waals surface area contributed by atoms with E-state index < -0.39 is 11.7 Å². The van der Waals surface area contributed by atoms with Crippen molar-refractivity contribution in [2.45, 2.75) is 38.3 Å². The van der Waals surface area contributed by atoms with Crippen LogP contribution in [0.5, 0.6) is 0 Å². The first-order chi connectivity index (χ1) is 12.4. The van der Waals surface area contributed by atoms with Crippen LogP contribution >= 0.6 is 0 Å². The molecular weight excluding hydrogens is 349 g/mol. The number of carbonyl (C=O) groups is 1. The highest BCUT2D eigenvalue weighted by atomic mass is 19.4. The molecule has 9 heteroatoms. The summed E-state index contributed by atoms with van der Waals surface area (Å²) in [7, 11) is 0. The molecule has 3 N–H and O–H groups in total. The van der Waals surface area contributed by atoms with Gasteiger partial charge in [0.1, 0.15) is 0 Å². The maximum Gasteiger partial charge on any atom is 0.419 e. The van der Waals surface area contributed by atoms with E-state index >= 15 is 0 Å². The topological polar surface area (TPSA) is 79.9 Å². The smallest absolute Gasteiger partial charge is 0.387 e. The summed E-state index contributed by atoms with van der Waals surface area (Å²) < 4.78 is 45.3. The van der Waals surface area contributed by atoms with Gasteiger partial charge in [0.2, 0.25) is 5.91 Å². The molecule has 2 aliphatic rings. The molecule has 0 aliphatic carbocycles.